The van der Waals surface area contributed by atoms with Crippen molar-refractivity contribution in [1.29, 1.82) is 0 Å². The Labute approximate surface area is 230 Å². The molecule has 0 saturated heterocycles. The summed E-state index contributed by atoms with van der Waals surface area (Å²) in [6.45, 7) is 10.2. The van der Waals surface area contributed by atoms with Gasteiger partial charge >= 0.3 is 12.4 Å². The maximum absolute atomic E-state index is 13.6. The molecule has 0 radical (unpaired) electrons. The van der Waals surface area contributed by atoms with Crippen molar-refractivity contribution >= 4 is 12.4 Å². The molecule has 1 saturated carbocycles. The number of aliphatic imine (C=N–C) groups is 2. The third-order valence-electron chi connectivity index (χ3n) is 7.05. The lowest BCUT2D eigenvalue weighted by Crippen LogP contribution is -2.27. The smallest absolute Gasteiger partial charge is 0.416 e. The molecule has 40 heavy (non-hydrogen) atoms. The summed E-state index contributed by atoms with van der Waals surface area (Å²) in [6, 6.07) is 2.65. The summed E-state index contributed by atoms with van der Waals surface area (Å²) in [6.07, 6.45) is -4.09. The van der Waals surface area contributed by atoms with Crippen LogP contribution in [0.4, 0.5) is 26.3 Å². The zero-order chi connectivity index (χ0) is 30.3. The van der Waals surface area contributed by atoms with Crippen LogP contribution < -0.4 is 0 Å². The predicted octanol–water partition coefficient (Wildman–Crippen LogP) is 8.58. The van der Waals surface area contributed by atoms with Gasteiger partial charge in [-0.2, -0.15) is 26.3 Å². The highest BCUT2D eigenvalue weighted by Crippen LogP contribution is 2.41. The van der Waals surface area contributed by atoms with Crippen molar-refractivity contribution in [2.24, 2.45) is 9.98 Å². The molecule has 10 heteroatoms. The molecule has 0 bridgehead atoms. The van der Waals surface area contributed by atoms with E-state index in [1.165, 1.54) is 12.4 Å². The molecular formula is C30H36F6N2O2. The van der Waals surface area contributed by atoms with Crippen molar-refractivity contribution in [1.82, 2.24) is 0 Å². The molecule has 1 fully saturated rings. The number of benzene rings is 2. The summed E-state index contributed by atoms with van der Waals surface area (Å²) in [5.41, 5.74) is -3.19. The molecule has 0 heterocycles. The lowest BCUT2D eigenvalue weighted by molar-refractivity contribution is -0.138. The van der Waals surface area contributed by atoms with Crippen LogP contribution in [0.5, 0.6) is 11.5 Å². The summed E-state index contributed by atoms with van der Waals surface area (Å²) in [5.74, 6) is -0.576. The normalized spacial score (nSPS) is 19.6. The van der Waals surface area contributed by atoms with Crippen molar-refractivity contribution < 1.29 is 36.6 Å². The van der Waals surface area contributed by atoms with Gasteiger partial charge in [-0.1, -0.05) is 54.4 Å². The Bertz CT molecular complexity index is 1180. The average Bonchev–Trinajstić information content (AvgIpc) is 2.80. The van der Waals surface area contributed by atoms with Crippen LogP contribution in [0, 0.1) is 0 Å². The lowest BCUT2D eigenvalue weighted by atomic mass is 9.84. The molecule has 2 aromatic rings. The van der Waals surface area contributed by atoms with E-state index in [2.05, 4.69) is 9.98 Å². The minimum atomic E-state index is -4.62. The quantitative estimate of drug-likeness (QED) is 0.286. The van der Waals surface area contributed by atoms with Gasteiger partial charge in [-0.25, -0.2) is 0 Å². The van der Waals surface area contributed by atoms with Crippen molar-refractivity contribution in [2.45, 2.75) is 102 Å². The number of phenols is 2. The van der Waals surface area contributed by atoms with E-state index < -0.39 is 46.4 Å². The fraction of sp³-hybridized carbons (Fsp3) is 0.533. The molecule has 3 rings (SSSR count). The van der Waals surface area contributed by atoms with E-state index in [0.717, 1.165) is 37.1 Å². The second-order valence-corrected chi connectivity index (χ2v) is 12.4. The number of hydrogen-bond acceptors (Lipinski definition) is 4. The fourth-order valence-corrected chi connectivity index (χ4v) is 4.77. The van der Waals surface area contributed by atoms with E-state index >= 15 is 0 Å². The maximum atomic E-state index is 13.6. The van der Waals surface area contributed by atoms with Gasteiger partial charge in [0.15, 0.2) is 0 Å². The molecule has 0 spiro atoms. The highest BCUT2D eigenvalue weighted by atomic mass is 19.4. The van der Waals surface area contributed by atoms with E-state index in [0.29, 0.717) is 12.8 Å². The van der Waals surface area contributed by atoms with Gasteiger partial charge in [0, 0.05) is 34.7 Å². The molecule has 0 unspecified atom stereocenters. The second-order valence-electron chi connectivity index (χ2n) is 12.4. The summed E-state index contributed by atoms with van der Waals surface area (Å²) < 4.78 is 81.5. The highest BCUT2D eigenvalue weighted by molar-refractivity contribution is 5.86. The minimum absolute atomic E-state index is 0.0709. The molecule has 2 N–H and O–H groups in total. The van der Waals surface area contributed by atoms with Crippen molar-refractivity contribution in [2.75, 3.05) is 0 Å². The van der Waals surface area contributed by atoms with Crippen LogP contribution in [0.3, 0.4) is 0 Å². The summed E-state index contributed by atoms with van der Waals surface area (Å²) in [7, 11) is 0. The minimum Gasteiger partial charge on any atom is -0.507 e. The first kappa shape index (κ1) is 31.5. The van der Waals surface area contributed by atoms with E-state index in [9.17, 15) is 36.6 Å². The first-order valence-corrected chi connectivity index (χ1v) is 13.2. The largest absolute Gasteiger partial charge is 0.507 e. The van der Waals surface area contributed by atoms with Crippen LogP contribution in [0.1, 0.15) is 101 Å². The number of hydrogen-bond donors (Lipinski definition) is 2. The first-order chi connectivity index (χ1) is 18.2. The second kappa shape index (κ2) is 11.1. The van der Waals surface area contributed by atoms with E-state index in [-0.39, 0.29) is 33.8 Å². The SMILES string of the molecule is CC(C)(C)c1cc(C(F)(F)F)cc(C=N[C@H]2CCCC[C@@H]2N=Cc2cc(C(F)(F)F)cc(C(C)(C)C)c2O)c1O. The molecule has 2 atom stereocenters. The first-order valence-electron chi connectivity index (χ1n) is 13.2. The van der Waals surface area contributed by atoms with Gasteiger partial charge < -0.3 is 10.2 Å². The Morgan fingerprint density at radius 3 is 1.23 bits per heavy atom. The third-order valence-corrected chi connectivity index (χ3v) is 7.05. The average molecular weight is 571 g/mol. The number of alkyl halides is 6. The van der Waals surface area contributed by atoms with E-state index in [1.54, 1.807) is 41.5 Å². The topological polar surface area (TPSA) is 65.2 Å². The Balaban J connectivity index is 2.00. The van der Waals surface area contributed by atoms with Gasteiger partial charge in [0.05, 0.1) is 23.2 Å². The van der Waals surface area contributed by atoms with Gasteiger partial charge in [0.2, 0.25) is 0 Å². The fourth-order valence-electron chi connectivity index (χ4n) is 4.77. The van der Waals surface area contributed by atoms with Gasteiger partial charge in [0.25, 0.3) is 0 Å². The molecule has 2 aromatic carbocycles. The van der Waals surface area contributed by atoms with Crippen LogP contribution in [0.2, 0.25) is 0 Å². The van der Waals surface area contributed by atoms with Crippen molar-refractivity contribution in [3.8, 4) is 11.5 Å². The number of halogens is 6. The summed E-state index contributed by atoms with van der Waals surface area (Å²) in [4.78, 5) is 8.96. The van der Waals surface area contributed by atoms with Crippen LogP contribution in [0.15, 0.2) is 34.3 Å². The molecule has 0 aromatic heterocycles. The molecule has 0 amide bonds. The Morgan fingerprint density at radius 1 is 0.625 bits per heavy atom. The van der Waals surface area contributed by atoms with E-state index in [1.807, 2.05) is 0 Å². The number of phenolic OH excluding ortho intramolecular Hbond substituents is 2. The molecule has 1 aliphatic rings. The van der Waals surface area contributed by atoms with Crippen LogP contribution in [0.25, 0.3) is 0 Å². The summed E-state index contributed by atoms with van der Waals surface area (Å²) in [5, 5.41) is 21.5. The lowest BCUT2D eigenvalue weighted by Gasteiger charge is -2.26. The summed E-state index contributed by atoms with van der Waals surface area (Å²) >= 11 is 0. The third kappa shape index (κ3) is 7.37. The van der Waals surface area contributed by atoms with Crippen molar-refractivity contribution in [3.63, 3.8) is 0 Å². The Hall–Kier alpha value is -3.04. The van der Waals surface area contributed by atoms with Gasteiger partial charge in [-0.05, 0) is 47.9 Å². The zero-order valence-corrected chi connectivity index (χ0v) is 23.5. The predicted molar refractivity (Wildman–Crippen MR) is 145 cm³/mol. The van der Waals surface area contributed by atoms with E-state index in [4.69, 9.17) is 0 Å². The Morgan fingerprint density at radius 2 is 0.950 bits per heavy atom. The zero-order valence-electron chi connectivity index (χ0n) is 23.5. The molecular weight excluding hydrogens is 534 g/mol. The van der Waals surface area contributed by atoms with Crippen LogP contribution in [-0.4, -0.2) is 34.7 Å². The van der Waals surface area contributed by atoms with Gasteiger partial charge in [0.1, 0.15) is 11.5 Å². The van der Waals surface area contributed by atoms with Crippen molar-refractivity contribution in [3.05, 3.63) is 57.6 Å². The van der Waals surface area contributed by atoms with Crippen LogP contribution in [-0.2, 0) is 23.2 Å². The highest BCUT2D eigenvalue weighted by Gasteiger charge is 2.35. The number of rotatable bonds is 4. The molecule has 0 aliphatic heterocycles. The molecule has 220 valence electrons. The van der Waals surface area contributed by atoms with Gasteiger partial charge in [-0.15, -0.1) is 0 Å². The number of nitrogens with zero attached hydrogens (tertiary/aromatic N) is 2. The Kier molecular flexibility index (Phi) is 8.73. The number of aromatic hydroxyl groups is 2. The molecule has 1 aliphatic carbocycles. The maximum Gasteiger partial charge on any atom is 0.416 e. The van der Waals surface area contributed by atoms with Gasteiger partial charge in [-0.3, -0.25) is 9.98 Å². The standard InChI is InChI=1S/C30H36F6N2O2/c1-27(2,3)21-13-19(29(31,32)33)11-17(25(21)39)15-37-23-9-7-8-10-24(23)38-16-18-12-20(30(34,35)36)14-22(26(18)40)28(4,5)6/h11-16,23-24,39-40H,7-10H2,1-6H3/t23-,24-/m0/s1. The monoisotopic (exact) mass is 570 g/mol. The van der Waals surface area contributed by atoms with Crippen LogP contribution >= 0.6 is 0 Å². The molecule has 4 nitrogen and oxygen atoms in total.